The second-order valence-corrected chi connectivity index (χ2v) is 4.01. The number of hydrogen-bond donors (Lipinski definition) is 2. The number of carbonyl (C=O) groups is 1. The monoisotopic (exact) mass is 292 g/mol. The zero-order valence-electron chi connectivity index (χ0n) is 12.2. The second-order valence-electron chi connectivity index (χ2n) is 4.01. The molecule has 2 aromatic heterocycles. The average molecular weight is 292 g/mol. The van der Waals surface area contributed by atoms with Crippen LogP contribution in [0.4, 0.5) is 0 Å². The lowest BCUT2D eigenvalue weighted by Gasteiger charge is -2.08. The van der Waals surface area contributed by atoms with Gasteiger partial charge >= 0.3 is 5.97 Å². The minimum atomic E-state index is -0.611. The van der Waals surface area contributed by atoms with Crippen LogP contribution >= 0.6 is 0 Å². The maximum Gasteiger partial charge on any atom is 0.323 e. The highest BCUT2D eigenvalue weighted by atomic mass is 16.5. The van der Waals surface area contributed by atoms with E-state index in [0.29, 0.717) is 18.9 Å². The molecule has 0 saturated heterocycles. The average Bonchev–Trinajstić information content (AvgIpc) is 3.02. The number of methoxy groups -OCH3 is 1. The molecule has 3 N–H and O–H groups in total. The molecule has 0 aliphatic rings. The van der Waals surface area contributed by atoms with Crippen molar-refractivity contribution in [2.75, 3.05) is 13.7 Å². The first-order valence-corrected chi connectivity index (χ1v) is 6.51. The van der Waals surface area contributed by atoms with Crippen LogP contribution in [0.25, 0.3) is 0 Å². The van der Waals surface area contributed by atoms with Crippen LogP contribution in [-0.4, -0.2) is 40.7 Å². The van der Waals surface area contributed by atoms with Crippen molar-refractivity contribution in [3.63, 3.8) is 0 Å². The number of aromatic nitrogens is 3. The summed E-state index contributed by atoms with van der Waals surface area (Å²) < 4.78 is 9.56. The van der Waals surface area contributed by atoms with Crippen LogP contribution in [-0.2, 0) is 16.0 Å². The van der Waals surface area contributed by atoms with Crippen molar-refractivity contribution in [3.8, 4) is 5.88 Å². The number of H-pyrrole nitrogens is 1. The molecule has 0 aromatic carbocycles. The van der Waals surface area contributed by atoms with Crippen LogP contribution in [0, 0.1) is 0 Å². The van der Waals surface area contributed by atoms with E-state index in [1.807, 2.05) is 12.1 Å². The Morgan fingerprint density at radius 1 is 1.48 bits per heavy atom. The fourth-order valence-corrected chi connectivity index (χ4v) is 1.43. The standard InChI is InChI=1S/C8H13N3O2.C6H7NO/c1-2-13-8(12)7(9)3-6-4-10-5-11-6;1-8-6-4-2-3-5-7-6/h4-5,7H,2-3,9H2,1H3,(H,10,11);2-5H,1H3. The number of ether oxygens (including phenoxy) is 2. The van der Waals surface area contributed by atoms with Gasteiger partial charge in [0, 0.05) is 30.6 Å². The molecule has 1 unspecified atom stereocenters. The van der Waals surface area contributed by atoms with Gasteiger partial charge in [-0.2, -0.15) is 0 Å². The van der Waals surface area contributed by atoms with Gasteiger partial charge in [0.1, 0.15) is 6.04 Å². The van der Waals surface area contributed by atoms with Gasteiger partial charge in [0.05, 0.1) is 20.0 Å². The maximum absolute atomic E-state index is 11.1. The molecule has 2 rings (SSSR count). The molecule has 0 saturated carbocycles. The van der Waals surface area contributed by atoms with Gasteiger partial charge in [0.25, 0.3) is 0 Å². The fraction of sp³-hybridized carbons (Fsp3) is 0.357. The van der Waals surface area contributed by atoms with Crippen molar-refractivity contribution in [1.29, 1.82) is 0 Å². The zero-order chi connectivity index (χ0) is 15.5. The van der Waals surface area contributed by atoms with Gasteiger partial charge in [-0.05, 0) is 13.0 Å². The summed E-state index contributed by atoms with van der Waals surface area (Å²) in [7, 11) is 1.60. The van der Waals surface area contributed by atoms with E-state index in [-0.39, 0.29) is 5.97 Å². The minimum absolute atomic E-state index is 0.357. The largest absolute Gasteiger partial charge is 0.481 e. The molecule has 0 amide bonds. The van der Waals surface area contributed by atoms with Gasteiger partial charge in [0.2, 0.25) is 5.88 Å². The lowest BCUT2D eigenvalue weighted by atomic mass is 10.2. The van der Waals surface area contributed by atoms with Gasteiger partial charge in [-0.1, -0.05) is 6.07 Å². The lowest BCUT2D eigenvalue weighted by molar-refractivity contribution is -0.144. The van der Waals surface area contributed by atoms with Crippen molar-refractivity contribution in [2.45, 2.75) is 19.4 Å². The Kier molecular flexibility index (Phi) is 7.52. The van der Waals surface area contributed by atoms with E-state index in [1.165, 1.54) is 0 Å². The van der Waals surface area contributed by atoms with E-state index < -0.39 is 6.04 Å². The number of nitrogens with one attached hydrogen (secondary N) is 1. The van der Waals surface area contributed by atoms with Gasteiger partial charge in [-0.15, -0.1) is 0 Å². The quantitative estimate of drug-likeness (QED) is 0.795. The van der Waals surface area contributed by atoms with E-state index in [0.717, 1.165) is 5.69 Å². The maximum atomic E-state index is 11.1. The Morgan fingerprint density at radius 2 is 2.29 bits per heavy atom. The van der Waals surface area contributed by atoms with E-state index in [4.69, 9.17) is 15.2 Å². The van der Waals surface area contributed by atoms with E-state index in [1.54, 1.807) is 38.8 Å². The first-order valence-electron chi connectivity index (χ1n) is 6.51. The third kappa shape index (κ3) is 6.53. The Balaban J connectivity index is 0.000000235. The molecule has 0 aliphatic carbocycles. The fourth-order valence-electron chi connectivity index (χ4n) is 1.43. The summed E-state index contributed by atoms with van der Waals surface area (Å²) >= 11 is 0. The van der Waals surface area contributed by atoms with Crippen LogP contribution in [0.5, 0.6) is 5.88 Å². The van der Waals surface area contributed by atoms with Crippen molar-refractivity contribution in [2.24, 2.45) is 5.73 Å². The number of carbonyl (C=O) groups excluding carboxylic acids is 1. The summed E-state index contributed by atoms with van der Waals surface area (Å²) in [5.41, 5.74) is 6.41. The molecule has 0 radical (unpaired) electrons. The molecule has 0 bridgehead atoms. The van der Waals surface area contributed by atoms with Crippen molar-refractivity contribution in [1.82, 2.24) is 15.0 Å². The van der Waals surface area contributed by atoms with Gasteiger partial charge in [0.15, 0.2) is 0 Å². The lowest BCUT2D eigenvalue weighted by Crippen LogP contribution is -2.34. The van der Waals surface area contributed by atoms with Crippen LogP contribution in [0.3, 0.4) is 0 Å². The molecule has 114 valence electrons. The van der Waals surface area contributed by atoms with Gasteiger partial charge < -0.3 is 20.2 Å². The number of imidazole rings is 1. The molecule has 2 aromatic rings. The third-order valence-electron chi connectivity index (χ3n) is 2.43. The van der Waals surface area contributed by atoms with Crippen LogP contribution < -0.4 is 10.5 Å². The first-order chi connectivity index (χ1) is 10.2. The smallest absolute Gasteiger partial charge is 0.323 e. The minimum Gasteiger partial charge on any atom is -0.481 e. The summed E-state index contributed by atoms with van der Waals surface area (Å²) in [5, 5.41) is 0. The molecule has 2 heterocycles. The Hall–Kier alpha value is -2.41. The Labute approximate surface area is 123 Å². The normalized spacial score (nSPS) is 11.0. The predicted molar refractivity (Wildman–Crippen MR) is 77.7 cm³/mol. The highest BCUT2D eigenvalue weighted by Gasteiger charge is 2.15. The number of aromatic amines is 1. The van der Waals surface area contributed by atoms with Crippen molar-refractivity contribution >= 4 is 5.97 Å². The summed E-state index contributed by atoms with van der Waals surface area (Å²) in [6.07, 6.45) is 5.31. The van der Waals surface area contributed by atoms with Crippen molar-refractivity contribution in [3.05, 3.63) is 42.6 Å². The third-order valence-corrected chi connectivity index (χ3v) is 2.43. The molecule has 21 heavy (non-hydrogen) atoms. The Morgan fingerprint density at radius 3 is 2.76 bits per heavy atom. The molecule has 7 heteroatoms. The molecule has 0 aliphatic heterocycles. The number of nitrogens with zero attached hydrogens (tertiary/aromatic N) is 2. The zero-order valence-corrected chi connectivity index (χ0v) is 12.2. The number of esters is 1. The second kappa shape index (κ2) is 9.49. The highest BCUT2D eigenvalue weighted by Crippen LogP contribution is 1.99. The molecular weight excluding hydrogens is 272 g/mol. The number of pyridine rings is 1. The van der Waals surface area contributed by atoms with E-state index in [2.05, 4.69) is 15.0 Å². The van der Waals surface area contributed by atoms with Gasteiger partial charge in [-0.25, -0.2) is 9.97 Å². The van der Waals surface area contributed by atoms with Gasteiger partial charge in [-0.3, -0.25) is 4.79 Å². The van der Waals surface area contributed by atoms with Crippen LogP contribution in [0.1, 0.15) is 12.6 Å². The number of nitrogens with two attached hydrogens (primary N) is 1. The first kappa shape index (κ1) is 16.6. The summed E-state index contributed by atoms with van der Waals surface area (Å²) in [6, 6.07) is 4.93. The summed E-state index contributed by atoms with van der Waals surface area (Å²) in [5.74, 6) is 0.282. The summed E-state index contributed by atoms with van der Waals surface area (Å²) in [4.78, 5) is 21.6. The topological polar surface area (TPSA) is 103 Å². The number of rotatable bonds is 5. The van der Waals surface area contributed by atoms with E-state index in [9.17, 15) is 4.79 Å². The van der Waals surface area contributed by atoms with Crippen molar-refractivity contribution < 1.29 is 14.3 Å². The molecule has 1 atom stereocenters. The highest BCUT2D eigenvalue weighted by molar-refractivity contribution is 5.75. The SMILES string of the molecule is CCOC(=O)C(N)Cc1cnc[nH]1.COc1ccccn1. The number of hydrogen-bond acceptors (Lipinski definition) is 6. The van der Waals surface area contributed by atoms with E-state index >= 15 is 0 Å². The molecule has 7 nitrogen and oxygen atoms in total. The molecular formula is C14H20N4O3. The molecule has 0 spiro atoms. The molecule has 0 fully saturated rings. The predicted octanol–water partition coefficient (Wildman–Crippen LogP) is 0.933. The Bertz CT molecular complexity index is 502. The van der Waals surface area contributed by atoms with Crippen LogP contribution in [0.15, 0.2) is 36.9 Å². The van der Waals surface area contributed by atoms with Crippen LogP contribution in [0.2, 0.25) is 0 Å². The summed E-state index contributed by atoms with van der Waals surface area (Å²) in [6.45, 7) is 2.11.